The standard InChI is InChI=1S/C18H12F3NO2.C2H6/c1-24-17(23)12-5-7-15-11(9-12)3-2-4-14(15)13-6-8-16(22-10-13)18(19,20)21;1-2/h2-10H,1H3;1-2H3. The number of carbonyl (C=O) groups excluding carboxylic acids is 1. The van der Waals surface area contributed by atoms with Gasteiger partial charge in [-0.1, -0.05) is 44.2 Å². The Morgan fingerprint density at radius 1 is 1.04 bits per heavy atom. The molecule has 0 bridgehead atoms. The van der Waals surface area contributed by atoms with Crippen LogP contribution in [0.25, 0.3) is 21.9 Å². The van der Waals surface area contributed by atoms with Gasteiger partial charge in [-0.15, -0.1) is 0 Å². The van der Waals surface area contributed by atoms with Crippen molar-refractivity contribution >= 4 is 16.7 Å². The van der Waals surface area contributed by atoms with Crippen molar-refractivity contribution in [2.24, 2.45) is 0 Å². The van der Waals surface area contributed by atoms with Crippen LogP contribution in [0.5, 0.6) is 0 Å². The fourth-order valence-corrected chi connectivity index (χ4v) is 2.50. The molecule has 0 atom stereocenters. The molecule has 3 nitrogen and oxygen atoms in total. The van der Waals surface area contributed by atoms with Crippen LogP contribution in [-0.4, -0.2) is 18.1 Å². The third-order valence-corrected chi connectivity index (χ3v) is 3.67. The van der Waals surface area contributed by atoms with E-state index < -0.39 is 17.8 Å². The van der Waals surface area contributed by atoms with E-state index in [1.54, 1.807) is 30.3 Å². The summed E-state index contributed by atoms with van der Waals surface area (Å²) in [6.07, 6.45) is -3.27. The minimum atomic E-state index is -4.47. The minimum Gasteiger partial charge on any atom is -0.465 e. The molecule has 0 aliphatic heterocycles. The molecule has 6 heteroatoms. The van der Waals surface area contributed by atoms with E-state index in [2.05, 4.69) is 9.72 Å². The van der Waals surface area contributed by atoms with Gasteiger partial charge in [0.1, 0.15) is 5.69 Å². The fraction of sp³-hybridized carbons (Fsp3) is 0.200. The maximum Gasteiger partial charge on any atom is 0.433 e. The predicted molar refractivity (Wildman–Crippen MR) is 94.9 cm³/mol. The molecule has 2 aromatic carbocycles. The van der Waals surface area contributed by atoms with Crippen LogP contribution in [0.2, 0.25) is 0 Å². The topological polar surface area (TPSA) is 39.2 Å². The number of carbonyl (C=O) groups is 1. The Morgan fingerprint density at radius 2 is 1.77 bits per heavy atom. The third-order valence-electron chi connectivity index (χ3n) is 3.67. The molecule has 0 aliphatic rings. The highest BCUT2D eigenvalue weighted by atomic mass is 19.4. The number of esters is 1. The zero-order chi connectivity index (χ0) is 19.3. The molecular weight excluding hydrogens is 343 g/mol. The maximum absolute atomic E-state index is 12.6. The second kappa shape index (κ2) is 7.99. The van der Waals surface area contributed by atoms with Crippen LogP contribution in [0.3, 0.4) is 0 Å². The van der Waals surface area contributed by atoms with Crippen LogP contribution in [0.4, 0.5) is 13.2 Å². The van der Waals surface area contributed by atoms with Gasteiger partial charge in [-0.3, -0.25) is 4.98 Å². The summed E-state index contributed by atoms with van der Waals surface area (Å²) < 4.78 is 42.6. The fourth-order valence-electron chi connectivity index (χ4n) is 2.50. The van der Waals surface area contributed by atoms with E-state index in [-0.39, 0.29) is 0 Å². The normalized spacial score (nSPS) is 10.8. The van der Waals surface area contributed by atoms with Crippen molar-refractivity contribution in [3.63, 3.8) is 0 Å². The lowest BCUT2D eigenvalue weighted by Crippen LogP contribution is -2.07. The highest BCUT2D eigenvalue weighted by Crippen LogP contribution is 2.32. The van der Waals surface area contributed by atoms with Crippen molar-refractivity contribution in [1.29, 1.82) is 0 Å². The number of methoxy groups -OCH3 is 1. The first-order valence-electron chi connectivity index (χ1n) is 8.05. The van der Waals surface area contributed by atoms with Crippen LogP contribution < -0.4 is 0 Å². The quantitative estimate of drug-likeness (QED) is 0.547. The SMILES string of the molecule is CC.COC(=O)c1ccc2c(-c3ccc(C(F)(F)F)nc3)cccc2c1. The average molecular weight is 361 g/mol. The third kappa shape index (κ3) is 4.02. The zero-order valence-corrected chi connectivity index (χ0v) is 14.6. The molecule has 0 fully saturated rings. The van der Waals surface area contributed by atoms with Gasteiger partial charge in [-0.2, -0.15) is 13.2 Å². The summed E-state index contributed by atoms with van der Waals surface area (Å²) in [6, 6.07) is 12.8. The number of pyridine rings is 1. The Kier molecular flexibility index (Phi) is 5.97. The van der Waals surface area contributed by atoms with Crippen molar-refractivity contribution in [3.8, 4) is 11.1 Å². The Labute approximate surface area is 149 Å². The van der Waals surface area contributed by atoms with E-state index in [4.69, 9.17) is 0 Å². The monoisotopic (exact) mass is 361 g/mol. The highest BCUT2D eigenvalue weighted by Gasteiger charge is 2.32. The summed E-state index contributed by atoms with van der Waals surface area (Å²) in [6.45, 7) is 4.00. The molecule has 0 amide bonds. The van der Waals surface area contributed by atoms with Gasteiger partial charge in [-0.25, -0.2) is 4.79 Å². The van der Waals surface area contributed by atoms with E-state index in [9.17, 15) is 18.0 Å². The van der Waals surface area contributed by atoms with Crippen LogP contribution in [-0.2, 0) is 10.9 Å². The Balaban J connectivity index is 0.00000117. The Morgan fingerprint density at radius 3 is 2.35 bits per heavy atom. The van der Waals surface area contributed by atoms with Gasteiger partial charge < -0.3 is 4.74 Å². The molecule has 136 valence electrons. The zero-order valence-electron chi connectivity index (χ0n) is 14.6. The summed E-state index contributed by atoms with van der Waals surface area (Å²) in [5.41, 5.74) is 0.789. The summed E-state index contributed by atoms with van der Waals surface area (Å²) in [5.74, 6) is -0.446. The number of halogens is 3. The molecule has 26 heavy (non-hydrogen) atoms. The number of aromatic nitrogens is 1. The van der Waals surface area contributed by atoms with Gasteiger partial charge in [-0.05, 0) is 34.5 Å². The van der Waals surface area contributed by atoms with E-state index >= 15 is 0 Å². The molecule has 0 radical (unpaired) electrons. The summed E-state index contributed by atoms with van der Waals surface area (Å²) in [4.78, 5) is 15.1. The largest absolute Gasteiger partial charge is 0.465 e. The summed E-state index contributed by atoms with van der Waals surface area (Å²) in [7, 11) is 1.30. The first kappa shape index (κ1) is 19.4. The average Bonchev–Trinajstić information content (AvgIpc) is 2.67. The lowest BCUT2D eigenvalue weighted by atomic mass is 9.98. The van der Waals surface area contributed by atoms with E-state index in [0.29, 0.717) is 11.1 Å². The molecule has 0 aliphatic carbocycles. The second-order valence-corrected chi connectivity index (χ2v) is 5.16. The number of fused-ring (bicyclic) bond motifs is 1. The van der Waals surface area contributed by atoms with Crippen molar-refractivity contribution in [2.45, 2.75) is 20.0 Å². The van der Waals surface area contributed by atoms with E-state index in [0.717, 1.165) is 22.4 Å². The Bertz CT molecular complexity index is 903. The van der Waals surface area contributed by atoms with Crippen LogP contribution >= 0.6 is 0 Å². The van der Waals surface area contributed by atoms with Crippen molar-refractivity contribution in [3.05, 3.63) is 66.0 Å². The first-order chi connectivity index (χ1) is 12.4. The van der Waals surface area contributed by atoms with Crippen LogP contribution in [0.1, 0.15) is 29.9 Å². The van der Waals surface area contributed by atoms with Gasteiger partial charge >= 0.3 is 12.1 Å². The molecule has 3 aromatic rings. The number of hydrogen-bond acceptors (Lipinski definition) is 3. The lowest BCUT2D eigenvalue weighted by Gasteiger charge is -2.10. The molecule has 0 saturated heterocycles. The number of nitrogens with zero attached hydrogens (tertiary/aromatic N) is 1. The van der Waals surface area contributed by atoms with Gasteiger partial charge in [0.15, 0.2) is 0 Å². The molecule has 0 unspecified atom stereocenters. The highest BCUT2D eigenvalue weighted by molar-refractivity contribution is 6.01. The predicted octanol–water partition coefficient (Wildman–Crippen LogP) is 5.73. The molecule has 1 aromatic heterocycles. The molecule has 0 spiro atoms. The van der Waals surface area contributed by atoms with Crippen LogP contribution in [0, 0.1) is 0 Å². The molecular formula is C20H18F3NO2. The minimum absolute atomic E-state index is 0.410. The number of benzene rings is 2. The number of ether oxygens (including phenoxy) is 1. The van der Waals surface area contributed by atoms with Crippen LogP contribution in [0.15, 0.2) is 54.7 Å². The molecule has 0 saturated carbocycles. The summed E-state index contributed by atoms with van der Waals surface area (Å²) in [5, 5.41) is 1.60. The van der Waals surface area contributed by atoms with Gasteiger partial charge in [0.25, 0.3) is 0 Å². The molecule has 0 N–H and O–H groups in total. The smallest absolute Gasteiger partial charge is 0.433 e. The number of hydrogen-bond donors (Lipinski definition) is 0. The molecule has 3 rings (SSSR count). The molecule has 1 heterocycles. The summed E-state index contributed by atoms with van der Waals surface area (Å²) >= 11 is 0. The van der Waals surface area contributed by atoms with Crippen molar-refractivity contribution in [1.82, 2.24) is 4.98 Å². The van der Waals surface area contributed by atoms with Gasteiger partial charge in [0.2, 0.25) is 0 Å². The first-order valence-corrected chi connectivity index (χ1v) is 8.05. The van der Waals surface area contributed by atoms with Crippen molar-refractivity contribution < 1.29 is 22.7 Å². The van der Waals surface area contributed by atoms with E-state index in [1.165, 1.54) is 19.4 Å². The van der Waals surface area contributed by atoms with Gasteiger partial charge in [0.05, 0.1) is 12.7 Å². The van der Waals surface area contributed by atoms with Gasteiger partial charge in [0, 0.05) is 11.8 Å². The number of alkyl halides is 3. The van der Waals surface area contributed by atoms with E-state index in [1.807, 2.05) is 19.9 Å². The van der Waals surface area contributed by atoms with Crippen molar-refractivity contribution in [2.75, 3.05) is 7.11 Å². The second-order valence-electron chi connectivity index (χ2n) is 5.16. The maximum atomic E-state index is 12.6. The number of rotatable bonds is 2. The Hall–Kier alpha value is -2.89. The lowest BCUT2D eigenvalue weighted by molar-refractivity contribution is -0.141.